The van der Waals surface area contributed by atoms with E-state index in [9.17, 15) is 4.79 Å². The number of hydrogen-bond donors (Lipinski definition) is 1. The Hall–Kier alpha value is -2.02. The van der Waals surface area contributed by atoms with Gasteiger partial charge in [0.2, 0.25) is 5.91 Å². The van der Waals surface area contributed by atoms with E-state index in [1.54, 1.807) is 18.2 Å². The number of aromatic nitrogens is 3. The molecule has 2 aromatic carbocycles. The van der Waals surface area contributed by atoms with E-state index in [1.165, 1.54) is 11.8 Å². The number of anilines is 1. The maximum Gasteiger partial charge on any atom is 0.234 e. The third kappa shape index (κ3) is 4.34. The molecule has 3 aromatic rings. The maximum atomic E-state index is 12.2. The Kier molecular flexibility index (Phi) is 5.63. The summed E-state index contributed by atoms with van der Waals surface area (Å²) in [4.78, 5) is 12.2. The molecule has 0 aliphatic heterocycles. The van der Waals surface area contributed by atoms with E-state index in [0.29, 0.717) is 20.9 Å². The van der Waals surface area contributed by atoms with Crippen molar-refractivity contribution >= 4 is 46.6 Å². The Morgan fingerprint density at radius 2 is 1.88 bits per heavy atom. The van der Waals surface area contributed by atoms with Crippen LogP contribution in [0.2, 0.25) is 10.0 Å². The van der Waals surface area contributed by atoms with Gasteiger partial charge in [0.25, 0.3) is 0 Å². The number of thioether (sulfide) groups is 1. The third-order valence-electron chi connectivity index (χ3n) is 3.35. The maximum absolute atomic E-state index is 12.2. The Bertz CT molecular complexity index is 899. The van der Waals surface area contributed by atoms with Crippen LogP contribution in [0.25, 0.3) is 5.69 Å². The van der Waals surface area contributed by atoms with Gasteiger partial charge < -0.3 is 5.32 Å². The van der Waals surface area contributed by atoms with E-state index in [-0.39, 0.29) is 11.7 Å². The van der Waals surface area contributed by atoms with Gasteiger partial charge >= 0.3 is 0 Å². The highest BCUT2D eigenvalue weighted by atomic mass is 35.5. The number of amides is 1. The van der Waals surface area contributed by atoms with Gasteiger partial charge in [-0.05, 0) is 37.3 Å². The molecule has 0 fully saturated rings. The summed E-state index contributed by atoms with van der Waals surface area (Å²) in [5, 5.41) is 12.5. The summed E-state index contributed by atoms with van der Waals surface area (Å²) in [7, 11) is 0. The van der Waals surface area contributed by atoms with E-state index >= 15 is 0 Å². The molecule has 5 nitrogen and oxygen atoms in total. The molecule has 1 aromatic heterocycles. The van der Waals surface area contributed by atoms with Gasteiger partial charge in [0.1, 0.15) is 5.82 Å². The molecule has 0 aliphatic rings. The van der Waals surface area contributed by atoms with Crippen molar-refractivity contribution in [2.45, 2.75) is 12.1 Å². The second-order valence-electron chi connectivity index (χ2n) is 5.17. The number of carbonyl (C=O) groups is 1. The summed E-state index contributed by atoms with van der Waals surface area (Å²) in [5.74, 6) is 0.799. The molecular weight excluding hydrogens is 379 g/mol. The standard InChI is InChI=1S/C17H14Cl2N4OS/c1-11-21-22-17(23(11)13-5-3-2-4-6-13)25-10-16(24)20-12-7-8-14(18)15(19)9-12/h2-9H,10H2,1H3,(H,20,24). The van der Waals surface area contributed by atoms with Crippen molar-refractivity contribution in [1.29, 1.82) is 0 Å². The topological polar surface area (TPSA) is 59.8 Å². The first kappa shape index (κ1) is 17.8. The van der Waals surface area contributed by atoms with Gasteiger partial charge in [-0.1, -0.05) is 53.2 Å². The van der Waals surface area contributed by atoms with Gasteiger partial charge in [0.15, 0.2) is 5.16 Å². The molecule has 0 bridgehead atoms. The third-order valence-corrected chi connectivity index (χ3v) is 5.01. The monoisotopic (exact) mass is 392 g/mol. The van der Waals surface area contributed by atoms with E-state index < -0.39 is 0 Å². The predicted octanol–water partition coefficient (Wildman–Crippen LogP) is 4.61. The zero-order valence-electron chi connectivity index (χ0n) is 13.2. The van der Waals surface area contributed by atoms with Crippen LogP contribution in [0.5, 0.6) is 0 Å². The van der Waals surface area contributed by atoms with Crippen LogP contribution in [0.3, 0.4) is 0 Å². The van der Waals surface area contributed by atoms with Gasteiger partial charge in [-0.15, -0.1) is 10.2 Å². The molecule has 0 unspecified atom stereocenters. The largest absolute Gasteiger partial charge is 0.325 e. The summed E-state index contributed by atoms with van der Waals surface area (Å²) in [5.41, 5.74) is 1.55. The first-order valence-electron chi connectivity index (χ1n) is 7.40. The Labute approximate surface area is 159 Å². The zero-order chi connectivity index (χ0) is 17.8. The van der Waals surface area contributed by atoms with Crippen LogP contribution >= 0.6 is 35.0 Å². The van der Waals surface area contributed by atoms with Crippen LogP contribution in [0.15, 0.2) is 53.7 Å². The summed E-state index contributed by atoms with van der Waals surface area (Å²) in [6.07, 6.45) is 0. The molecular formula is C17H14Cl2N4OS. The van der Waals surface area contributed by atoms with Gasteiger partial charge in [-0.2, -0.15) is 0 Å². The number of aryl methyl sites for hydroxylation is 1. The fourth-order valence-corrected chi connectivity index (χ4v) is 3.31. The number of hydrogen-bond acceptors (Lipinski definition) is 4. The van der Waals surface area contributed by atoms with Crippen LogP contribution < -0.4 is 5.32 Å². The molecule has 1 N–H and O–H groups in total. The lowest BCUT2D eigenvalue weighted by Crippen LogP contribution is -2.14. The number of halogens is 2. The van der Waals surface area contributed by atoms with Crippen LogP contribution in [0.1, 0.15) is 5.82 Å². The lowest BCUT2D eigenvalue weighted by atomic mass is 10.3. The smallest absolute Gasteiger partial charge is 0.234 e. The van der Waals surface area contributed by atoms with Gasteiger partial charge in [-0.3, -0.25) is 9.36 Å². The predicted molar refractivity (Wildman–Crippen MR) is 102 cm³/mol. The Morgan fingerprint density at radius 1 is 1.12 bits per heavy atom. The lowest BCUT2D eigenvalue weighted by Gasteiger charge is -2.09. The molecule has 0 saturated carbocycles. The molecule has 0 spiro atoms. The van der Waals surface area contributed by atoms with Crippen LogP contribution in [0, 0.1) is 6.92 Å². The summed E-state index contributed by atoms with van der Waals surface area (Å²) in [6.45, 7) is 1.87. The van der Waals surface area contributed by atoms with E-state index in [1.807, 2.05) is 41.8 Å². The minimum atomic E-state index is -0.163. The fraction of sp³-hybridized carbons (Fsp3) is 0.118. The lowest BCUT2D eigenvalue weighted by molar-refractivity contribution is -0.113. The quantitative estimate of drug-likeness (QED) is 0.643. The van der Waals surface area contributed by atoms with Crippen molar-refractivity contribution in [2.75, 3.05) is 11.1 Å². The van der Waals surface area contributed by atoms with E-state index in [0.717, 1.165) is 11.5 Å². The van der Waals surface area contributed by atoms with Gasteiger partial charge in [-0.25, -0.2) is 0 Å². The van der Waals surface area contributed by atoms with Crippen molar-refractivity contribution in [1.82, 2.24) is 14.8 Å². The average Bonchev–Trinajstić information content (AvgIpc) is 2.98. The highest BCUT2D eigenvalue weighted by molar-refractivity contribution is 7.99. The molecule has 1 amide bonds. The number of nitrogens with one attached hydrogen (secondary N) is 1. The Morgan fingerprint density at radius 3 is 2.60 bits per heavy atom. The van der Waals surface area contributed by atoms with Crippen molar-refractivity contribution < 1.29 is 4.79 Å². The molecule has 128 valence electrons. The SMILES string of the molecule is Cc1nnc(SCC(=O)Nc2ccc(Cl)c(Cl)c2)n1-c1ccccc1. The number of rotatable bonds is 5. The molecule has 8 heteroatoms. The average molecular weight is 393 g/mol. The number of benzene rings is 2. The number of nitrogens with zero attached hydrogens (tertiary/aromatic N) is 3. The second-order valence-corrected chi connectivity index (χ2v) is 6.92. The molecule has 0 radical (unpaired) electrons. The second kappa shape index (κ2) is 7.91. The summed E-state index contributed by atoms with van der Waals surface area (Å²) in [6, 6.07) is 14.7. The molecule has 0 atom stereocenters. The van der Waals surface area contributed by atoms with Gasteiger partial charge in [0.05, 0.1) is 15.8 Å². The molecule has 1 heterocycles. The van der Waals surface area contributed by atoms with Crippen molar-refractivity contribution in [3.8, 4) is 5.69 Å². The van der Waals surface area contributed by atoms with E-state index in [4.69, 9.17) is 23.2 Å². The molecule has 0 aliphatic carbocycles. The van der Waals surface area contributed by atoms with Crippen LogP contribution in [-0.4, -0.2) is 26.4 Å². The minimum Gasteiger partial charge on any atom is -0.325 e. The number of carbonyl (C=O) groups excluding carboxylic acids is 1. The molecule has 25 heavy (non-hydrogen) atoms. The minimum absolute atomic E-state index is 0.163. The zero-order valence-corrected chi connectivity index (χ0v) is 15.6. The first-order chi connectivity index (χ1) is 12.0. The normalized spacial score (nSPS) is 10.7. The van der Waals surface area contributed by atoms with E-state index in [2.05, 4.69) is 15.5 Å². The van der Waals surface area contributed by atoms with Gasteiger partial charge in [0, 0.05) is 11.4 Å². The summed E-state index contributed by atoms with van der Waals surface area (Å²) >= 11 is 13.1. The van der Waals surface area contributed by atoms with Crippen molar-refractivity contribution in [3.05, 3.63) is 64.4 Å². The Balaban J connectivity index is 1.68. The van der Waals surface area contributed by atoms with Crippen molar-refractivity contribution in [2.24, 2.45) is 0 Å². The van der Waals surface area contributed by atoms with Crippen LogP contribution in [-0.2, 0) is 4.79 Å². The first-order valence-corrected chi connectivity index (χ1v) is 9.14. The molecule has 3 rings (SSSR count). The summed E-state index contributed by atoms with van der Waals surface area (Å²) < 4.78 is 1.91. The highest BCUT2D eigenvalue weighted by Gasteiger charge is 2.13. The highest BCUT2D eigenvalue weighted by Crippen LogP contribution is 2.26. The molecule has 0 saturated heterocycles. The fourth-order valence-electron chi connectivity index (χ4n) is 2.21. The number of para-hydroxylation sites is 1. The van der Waals surface area contributed by atoms with Crippen molar-refractivity contribution in [3.63, 3.8) is 0 Å². The van der Waals surface area contributed by atoms with Crippen LogP contribution in [0.4, 0.5) is 5.69 Å².